The van der Waals surface area contributed by atoms with Gasteiger partial charge in [-0.3, -0.25) is 4.79 Å². The highest BCUT2D eigenvalue weighted by molar-refractivity contribution is 5.09. The first-order valence-electron chi connectivity index (χ1n) is 4.46. The van der Waals surface area contributed by atoms with Gasteiger partial charge in [0.15, 0.2) is 0 Å². The molecule has 0 saturated heterocycles. The van der Waals surface area contributed by atoms with E-state index in [9.17, 15) is 4.79 Å². The van der Waals surface area contributed by atoms with Crippen molar-refractivity contribution in [3.63, 3.8) is 0 Å². The Kier molecular flexibility index (Phi) is 1.75. The molecule has 12 heavy (non-hydrogen) atoms. The minimum absolute atomic E-state index is 0.153. The Hall–Kier alpha value is -1.05. The van der Waals surface area contributed by atoms with Gasteiger partial charge in [0, 0.05) is 18.3 Å². The van der Waals surface area contributed by atoms with Crippen molar-refractivity contribution in [2.75, 3.05) is 0 Å². The van der Waals surface area contributed by atoms with Gasteiger partial charge in [0.1, 0.15) is 0 Å². The Morgan fingerprint density at radius 1 is 1.50 bits per heavy atom. The van der Waals surface area contributed by atoms with Crippen molar-refractivity contribution in [3.05, 3.63) is 34.2 Å². The second-order valence-corrected chi connectivity index (χ2v) is 3.53. The largest absolute Gasteiger partial charge is 0.312 e. The van der Waals surface area contributed by atoms with Crippen LogP contribution in [0.1, 0.15) is 30.9 Å². The number of rotatable bonds is 1. The minimum Gasteiger partial charge on any atom is -0.312 e. The Morgan fingerprint density at radius 2 is 2.25 bits per heavy atom. The molecule has 1 heterocycles. The van der Waals surface area contributed by atoms with E-state index in [2.05, 4.69) is 0 Å². The molecule has 1 fully saturated rings. The molecule has 2 nitrogen and oxygen atoms in total. The van der Waals surface area contributed by atoms with Crippen LogP contribution in [0, 0.1) is 6.92 Å². The van der Waals surface area contributed by atoms with E-state index in [1.165, 1.54) is 19.3 Å². The molecule has 1 aromatic heterocycles. The molecule has 64 valence electrons. The summed E-state index contributed by atoms with van der Waals surface area (Å²) < 4.78 is 1.86. The molecule has 0 radical (unpaired) electrons. The topological polar surface area (TPSA) is 22.0 Å². The molecule has 1 aliphatic rings. The molecule has 0 spiro atoms. The highest BCUT2D eigenvalue weighted by Crippen LogP contribution is 2.29. The molecule has 0 atom stereocenters. The average Bonchev–Trinajstić information content (AvgIpc) is 1.91. The maximum atomic E-state index is 11.4. The molecule has 0 bridgehead atoms. The fourth-order valence-corrected chi connectivity index (χ4v) is 1.56. The summed E-state index contributed by atoms with van der Waals surface area (Å²) >= 11 is 0. The first-order chi connectivity index (χ1) is 5.77. The molecule has 2 rings (SSSR count). The maximum Gasteiger partial charge on any atom is 0.251 e. The van der Waals surface area contributed by atoms with Crippen LogP contribution in [-0.2, 0) is 0 Å². The quantitative estimate of drug-likeness (QED) is 0.619. The number of nitrogens with zero attached hydrogens (tertiary/aromatic N) is 1. The molecule has 0 N–H and O–H groups in total. The van der Waals surface area contributed by atoms with Crippen molar-refractivity contribution >= 4 is 0 Å². The van der Waals surface area contributed by atoms with Crippen LogP contribution in [0.5, 0.6) is 0 Å². The highest BCUT2D eigenvalue weighted by Gasteiger charge is 2.19. The summed E-state index contributed by atoms with van der Waals surface area (Å²) in [5.74, 6) is 0. The second-order valence-electron chi connectivity index (χ2n) is 3.53. The number of hydrogen-bond donors (Lipinski definition) is 0. The van der Waals surface area contributed by atoms with Crippen LogP contribution in [0.3, 0.4) is 0 Å². The van der Waals surface area contributed by atoms with E-state index in [0.717, 1.165) is 5.56 Å². The van der Waals surface area contributed by atoms with Gasteiger partial charge in [-0.05, 0) is 37.8 Å². The number of hydrogen-bond acceptors (Lipinski definition) is 1. The lowest BCUT2D eigenvalue weighted by molar-refractivity contribution is 0.306. The Bertz CT molecular complexity index is 336. The lowest BCUT2D eigenvalue weighted by atomic mass is 9.93. The fraction of sp³-hybridized carbons (Fsp3) is 0.500. The number of aromatic nitrogens is 1. The van der Waals surface area contributed by atoms with Crippen LogP contribution in [0.15, 0.2) is 23.1 Å². The van der Waals surface area contributed by atoms with E-state index < -0.39 is 0 Å². The molecule has 0 aliphatic heterocycles. The standard InChI is InChI=1S/C10H13NO/c1-8-5-6-11(10(12)7-8)9-3-2-4-9/h5-7,9H,2-4H2,1H3. The monoisotopic (exact) mass is 163 g/mol. The van der Waals surface area contributed by atoms with Crippen molar-refractivity contribution in [1.82, 2.24) is 4.57 Å². The van der Waals surface area contributed by atoms with E-state index >= 15 is 0 Å². The van der Waals surface area contributed by atoms with Crippen molar-refractivity contribution in [1.29, 1.82) is 0 Å². The lowest BCUT2D eigenvalue weighted by Crippen LogP contribution is -2.27. The normalized spacial score (nSPS) is 17.4. The molecule has 1 aliphatic carbocycles. The van der Waals surface area contributed by atoms with E-state index in [1.807, 2.05) is 23.8 Å². The number of aryl methyl sites for hydroxylation is 1. The van der Waals surface area contributed by atoms with Crippen LogP contribution in [0.2, 0.25) is 0 Å². The summed E-state index contributed by atoms with van der Waals surface area (Å²) in [5, 5.41) is 0. The van der Waals surface area contributed by atoms with Crippen molar-refractivity contribution < 1.29 is 0 Å². The van der Waals surface area contributed by atoms with Gasteiger partial charge in [0.2, 0.25) is 0 Å². The van der Waals surface area contributed by atoms with Gasteiger partial charge in [0.05, 0.1) is 0 Å². The van der Waals surface area contributed by atoms with Gasteiger partial charge in [-0.25, -0.2) is 0 Å². The summed E-state index contributed by atoms with van der Waals surface area (Å²) in [5.41, 5.74) is 1.20. The van der Waals surface area contributed by atoms with Crippen LogP contribution >= 0.6 is 0 Å². The third-order valence-electron chi connectivity index (χ3n) is 2.57. The smallest absolute Gasteiger partial charge is 0.251 e. The molecule has 0 amide bonds. The van der Waals surface area contributed by atoms with Crippen LogP contribution in [0.4, 0.5) is 0 Å². The van der Waals surface area contributed by atoms with E-state index in [4.69, 9.17) is 0 Å². The van der Waals surface area contributed by atoms with Gasteiger partial charge in [-0.1, -0.05) is 0 Å². The summed E-state index contributed by atoms with van der Waals surface area (Å²) in [7, 11) is 0. The van der Waals surface area contributed by atoms with Crippen molar-refractivity contribution in [3.8, 4) is 0 Å². The van der Waals surface area contributed by atoms with Crippen molar-refractivity contribution in [2.24, 2.45) is 0 Å². The molecule has 1 aromatic rings. The molecule has 0 aromatic carbocycles. The summed E-state index contributed by atoms with van der Waals surface area (Å²) in [4.78, 5) is 11.4. The van der Waals surface area contributed by atoms with E-state index in [0.29, 0.717) is 6.04 Å². The molecule has 0 unspecified atom stereocenters. The van der Waals surface area contributed by atoms with Crippen molar-refractivity contribution in [2.45, 2.75) is 32.2 Å². The first kappa shape index (κ1) is 7.59. The van der Waals surface area contributed by atoms with Gasteiger partial charge in [0.25, 0.3) is 5.56 Å². The molecular weight excluding hydrogens is 150 g/mol. The second kappa shape index (κ2) is 2.77. The number of pyridine rings is 1. The Balaban J connectivity index is 2.37. The highest BCUT2D eigenvalue weighted by atomic mass is 16.1. The average molecular weight is 163 g/mol. The summed E-state index contributed by atoms with van der Waals surface area (Å²) in [6.45, 7) is 1.95. The lowest BCUT2D eigenvalue weighted by Gasteiger charge is -2.27. The van der Waals surface area contributed by atoms with Crippen LogP contribution < -0.4 is 5.56 Å². The zero-order valence-corrected chi connectivity index (χ0v) is 7.29. The van der Waals surface area contributed by atoms with Gasteiger partial charge in [-0.2, -0.15) is 0 Å². The molecular formula is C10H13NO. The fourth-order valence-electron chi connectivity index (χ4n) is 1.56. The Morgan fingerprint density at radius 3 is 2.75 bits per heavy atom. The zero-order chi connectivity index (χ0) is 8.55. The summed E-state index contributed by atoms with van der Waals surface area (Å²) in [6, 6.07) is 4.19. The van der Waals surface area contributed by atoms with E-state index in [1.54, 1.807) is 6.07 Å². The predicted octanol–water partition coefficient (Wildman–Crippen LogP) is 1.88. The molecule has 2 heteroatoms. The SMILES string of the molecule is Cc1ccn(C2CCC2)c(=O)c1. The summed E-state index contributed by atoms with van der Waals surface area (Å²) in [6.07, 6.45) is 5.53. The van der Waals surface area contributed by atoms with E-state index in [-0.39, 0.29) is 5.56 Å². The minimum atomic E-state index is 0.153. The van der Waals surface area contributed by atoms with Crippen LogP contribution in [0.25, 0.3) is 0 Å². The third-order valence-corrected chi connectivity index (χ3v) is 2.57. The van der Waals surface area contributed by atoms with Crippen LogP contribution in [-0.4, -0.2) is 4.57 Å². The maximum absolute atomic E-state index is 11.4. The third kappa shape index (κ3) is 1.17. The van der Waals surface area contributed by atoms with Gasteiger partial charge in [-0.15, -0.1) is 0 Å². The first-order valence-corrected chi connectivity index (χ1v) is 4.46. The zero-order valence-electron chi connectivity index (χ0n) is 7.29. The van der Waals surface area contributed by atoms with Gasteiger partial charge >= 0.3 is 0 Å². The Labute approximate surface area is 71.8 Å². The molecule has 1 saturated carbocycles. The predicted molar refractivity (Wildman–Crippen MR) is 48.3 cm³/mol. The van der Waals surface area contributed by atoms with Gasteiger partial charge < -0.3 is 4.57 Å².